The Morgan fingerprint density at radius 1 is 1.18 bits per heavy atom. The molecule has 22 heavy (non-hydrogen) atoms. The van der Waals surface area contributed by atoms with Gasteiger partial charge in [0.05, 0.1) is 12.8 Å². The van der Waals surface area contributed by atoms with Crippen molar-refractivity contribution in [3.05, 3.63) is 59.7 Å². The number of amides is 1. The van der Waals surface area contributed by atoms with Gasteiger partial charge in [0.15, 0.2) is 0 Å². The Labute approximate surface area is 126 Å². The normalized spacial score (nSPS) is 19.6. The molecule has 5 heteroatoms. The number of methoxy groups -OCH3 is 1. The second-order valence-electron chi connectivity index (χ2n) is 5.34. The molecular formula is C17H15F2NO2. The molecule has 1 N–H and O–H groups in total. The van der Waals surface area contributed by atoms with Crippen LogP contribution in [0.2, 0.25) is 0 Å². The number of carbonyl (C=O) groups is 1. The zero-order valence-corrected chi connectivity index (χ0v) is 12.0. The van der Waals surface area contributed by atoms with Crippen molar-refractivity contribution < 1.29 is 18.3 Å². The molecule has 0 bridgehead atoms. The summed E-state index contributed by atoms with van der Waals surface area (Å²) in [6.07, 6.45) is 0.723. The highest BCUT2D eigenvalue weighted by molar-refractivity contribution is 5.95. The van der Waals surface area contributed by atoms with Crippen molar-refractivity contribution in [3.8, 4) is 5.75 Å². The van der Waals surface area contributed by atoms with E-state index in [9.17, 15) is 13.6 Å². The monoisotopic (exact) mass is 303 g/mol. The van der Waals surface area contributed by atoms with E-state index < -0.39 is 11.6 Å². The summed E-state index contributed by atoms with van der Waals surface area (Å²) in [7, 11) is 1.60. The molecule has 0 aliphatic heterocycles. The highest BCUT2D eigenvalue weighted by atomic mass is 19.1. The lowest BCUT2D eigenvalue weighted by Crippen LogP contribution is -2.15. The van der Waals surface area contributed by atoms with Gasteiger partial charge in [0, 0.05) is 12.0 Å². The van der Waals surface area contributed by atoms with E-state index >= 15 is 0 Å². The van der Waals surface area contributed by atoms with Crippen molar-refractivity contribution in [1.29, 1.82) is 0 Å². The number of hydrogen-bond acceptors (Lipinski definition) is 2. The second-order valence-corrected chi connectivity index (χ2v) is 5.34. The number of hydrogen-bond donors (Lipinski definition) is 1. The van der Waals surface area contributed by atoms with Crippen LogP contribution in [-0.2, 0) is 4.79 Å². The van der Waals surface area contributed by atoms with Gasteiger partial charge < -0.3 is 10.1 Å². The molecule has 0 heterocycles. The summed E-state index contributed by atoms with van der Waals surface area (Å²) in [6.45, 7) is 0. The molecule has 3 rings (SSSR count). The highest BCUT2D eigenvalue weighted by Crippen LogP contribution is 2.48. The Morgan fingerprint density at radius 2 is 1.91 bits per heavy atom. The molecule has 0 spiro atoms. The van der Waals surface area contributed by atoms with E-state index in [0.717, 1.165) is 29.9 Å². The van der Waals surface area contributed by atoms with Gasteiger partial charge in [-0.05, 0) is 42.2 Å². The molecule has 1 amide bonds. The average Bonchev–Trinajstić information content (AvgIpc) is 3.31. The summed E-state index contributed by atoms with van der Waals surface area (Å²) in [5.41, 5.74) is 1.06. The minimum Gasteiger partial charge on any atom is -0.497 e. The molecular weight excluding hydrogens is 288 g/mol. The highest BCUT2D eigenvalue weighted by Gasteiger charge is 2.44. The summed E-state index contributed by atoms with van der Waals surface area (Å²) >= 11 is 0. The fraction of sp³-hybridized carbons (Fsp3) is 0.235. The van der Waals surface area contributed by atoms with Crippen LogP contribution in [0.15, 0.2) is 42.5 Å². The van der Waals surface area contributed by atoms with Crippen LogP contribution in [0.4, 0.5) is 14.5 Å². The molecule has 114 valence electrons. The Morgan fingerprint density at radius 3 is 2.55 bits per heavy atom. The Kier molecular flexibility index (Phi) is 3.79. The first-order valence-electron chi connectivity index (χ1n) is 6.98. The first-order chi connectivity index (χ1) is 10.6. The lowest BCUT2D eigenvalue weighted by atomic mass is 10.1. The molecule has 3 nitrogen and oxygen atoms in total. The molecule has 2 unspecified atom stereocenters. The van der Waals surface area contributed by atoms with Crippen LogP contribution in [0.5, 0.6) is 5.75 Å². The van der Waals surface area contributed by atoms with Gasteiger partial charge in [0.25, 0.3) is 0 Å². The Bertz CT molecular complexity index is 700. The lowest BCUT2D eigenvalue weighted by Gasteiger charge is -2.06. The van der Waals surface area contributed by atoms with Crippen LogP contribution in [0.3, 0.4) is 0 Å². The van der Waals surface area contributed by atoms with Crippen LogP contribution in [0, 0.1) is 17.6 Å². The van der Waals surface area contributed by atoms with Crippen molar-refractivity contribution >= 4 is 11.6 Å². The van der Waals surface area contributed by atoms with Gasteiger partial charge in [-0.15, -0.1) is 0 Å². The van der Waals surface area contributed by atoms with Crippen molar-refractivity contribution in [3.63, 3.8) is 0 Å². The SMILES string of the molecule is COc1ccc(C2CC2C(=O)Nc2ccc(F)cc2F)cc1. The van der Waals surface area contributed by atoms with E-state index in [4.69, 9.17) is 4.74 Å². The Hall–Kier alpha value is -2.43. The number of rotatable bonds is 4. The van der Waals surface area contributed by atoms with Crippen LogP contribution < -0.4 is 10.1 Å². The van der Waals surface area contributed by atoms with Gasteiger partial charge in [0.1, 0.15) is 17.4 Å². The third-order valence-corrected chi connectivity index (χ3v) is 3.86. The maximum Gasteiger partial charge on any atom is 0.228 e. The summed E-state index contributed by atoms with van der Waals surface area (Å²) in [5.74, 6) is -0.967. The van der Waals surface area contributed by atoms with Crippen molar-refractivity contribution in [2.24, 2.45) is 5.92 Å². The van der Waals surface area contributed by atoms with Crippen molar-refractivity contribution in [1.82, 2.24) is 0 Å². The molecule has 2 aromatic rings. The minimum absolute atomic E-state index is 0.00628. The molecule has 2 atom stereocenters. The predicted molar refractivity (Wildman–Crippen MR) is 78.8 cm³/mol. The van der Waals surface area contributed by atoms with E-state index in [0.29, 0.717) is 0 Å². The van der Waals surface area contributed by atoms with Gasteiger partial charge in [-0.3, -0.25) is 4.79 Å². The topological polar surface area (TPSA) is 38.3 Å². The minimum atomic E-state index is -0.769. The first-order valence-corrected chi connectivity index (χ1v) is 6.98. The molecule has 2 aromatic carbocycles. The molecule has 1 aliphatic carbocycles. The lowest BCUT2D eigenvalue weighted by molar-refractivity contribution is -0.117. The van der Waals surface area contributed by atoms with E-state index in [1.807, 2.05) is 24.3 Å². The Balaban J connectivity index is 1.64. The largest absolute Gasteiger partial charge is 0.497 e. The third kappa shape index (κ3) is 2.93. The summed E-state index contributed by atoms with van der Waals surface area (Å²) in [4.78, 5) is 12.1. The second kappa shape index (κ2) is 5.75. The number of ether oxygens (including phenoxy) is 1. The van der Waals surface area contributed by atoms with Gasteiger partial charge in [-0.25, -0.2) is 8.78 Å². The standard InChI is InChI=1S/C17H15F2NO2/c1-22-12-5-2-10(3-6-12)13-9-14(13)17(21)20-16-7-4-11(18)8-15(16)19/h2-8,13-14H,9H2,1H3,(H,20,21). The van der Waals surface area contributed by atoms with Crippen LogP contribution in [-0.4, -0.2) is 13.0 Å². The molecule has 0 radical (unpaired) electrons. The van der Waals surface area contributed by atoms with Crippen LogP contribution in [0.25, 0.3) is 0 Å². The third-order valence-electron chi connectivity index (χ3n) is 3.86. The fourth-order valence-electron chi connectivity index (χ4n) is 2.52. The molecule has 0 aromatic heterocycles. The first kappa shape index (κ1) is 14.5. The van der Waals surface area contributed by atoms with Gasteiger partial charge >= 0.3 is 0 Å². The van der Waals surface area contributed by atoms with E-state index in [2.05, 4.69) is 5.32 Å². The number of benzene rings is 2. The maximum absolute atomic E-state index is 13.5. The van der Waals surface area contributed by atoms with Gasteiger partial charge in [-0.2, -0.15) is 0 Å². The molecule has 1 aliphatic rings. The number of nitrogens with one attached hydrogen (secondary N) is 1. The number of anilines is 1. The number of carbonyl (C=O) groups excluding carboxylic acids is 1. The van der Waals surface area contributed by atoms with Crippen LogP contribution in [0.1, 0.15) is 17.9 Å². The zero-order valence-electron chi connectivity index (χ0n) is 12.0. The summed E-state index contributed by atoms with van der Waals surface area (Å²) in [5, 5.41) is 2.52. The smallest absolute Gasteiger partial charge is 0.228 e. The molecule has 1 fully saturated rings. The quantitative estimate of drug-likeness (QED) is 0.935. The summed E-state index contributed by atoms with van der Waals surface area (Å²) in [6, 6.07) is 10.7. The van der Waals surface area contributed by atoms with Gasteiger partial charge in [-0.1, -0.05) is 12.1 Å². The van der Waals surface area contributed by atoms with E-state index in [1.165, 1.54) is 6.07 Å². The summed E-state index contributed by atoms with van der Waals surface area (Å²) < 4.78 is 31.5. The molecule has 0 saturated heterocycles. The molecule has 1 saturated carbocycles. The predicted octanol–water partition coefficient (Wildman–Crippen LogP) is 3.72. The average molecular weight is 303 g/mol. The fourth-order valence-corrected chi connectivity index (χ4v) is 2.52. The van der Waals surface area contributed by atoms with Crippen molar-refractivity contribution in [2.45, 2.75) is 12.3 Å². The van der Waals surface area contributed by atoms with E-state index in [1.54, 1.807) is 7.11 Å². The van der Waals surface area contributed by atoms with Gasteiger partial charge in [0.2, 0.25) is 5.91 Å². The van der Waals surface area contributed by atoms with Crippen LogP contribution >= 0.6 is 0 Å². The number of halogens is 2. The zero-order chi connectivity index (χ0) is 15.7. The van der Waals surface area contributed by atoms with E-state index in [-0.39, 0.29) is 23.4 Å². The van der Waals surface area contributed by atoms with Crippen molar-refractivity contribution in [2.75, 3.05) is 12.4 Å². The maximum atomic E-state index is 13.5.